The van der Waals surface area contributed by atoms with Crippen LogP contribution in [0.15, 0.2) is 78.9 Å². The van der Waals surface area contributed by atoms with E-state index >= 15 is 0 Å². The fraction of sp³-hybridized carbons (Fsp3) is 0.375. The molecule has 4 nitrogen and oxygen atoms in total. The van der Waals surface area contributed by atoms with E-state index in [1.54, 1.807) is 23.1 Å². The summed E-state index contributed by atoms with van der Waals surface area (Å²) >= 11 is 1.38. The van der Waals surface area contributed by atoms with Gasteiger partial charge >= 0.3 is 0 Å². The summed E-state index contributed by atoms with van der Waals surface area (Å²) in [4.78, 5) is 29.3. The molecular weight excluding hydrogens is 495 g/mol. The Morgan fingerprint density at radius 1 is 0.921 bits per heavy atom. The number of amides is 2. The van der Waals surface area contributed by atoms with Gasteiger partial charge in [-0.3, -0.25) is 9.59 Å². The molecule has 1 aliphatic carbocycles. The minimum absolute atomic E-state index is 0.0969. The summed E-state index contributed by atoms with van der Waals surface area (Å²) in [6, 6.07) is 24.1. The molecular formula is C32H37FN2O2S. The van der Waals surface area contributed by atoms with Crippen LogP contribution in [0.1, 0.15) is 54.4 Å². The first kappa shape index (κ1) is 27.9. The molecule has 3 aromatic rings. The lowest BCUT2D eigenvalue weighted by atomic mass is 9.94. The molecule has 0 saturated heterocycles. The van der Waals surface area contributed by atoms with Gasteiger partial charge in [0.25, 0.3) is 0 Å². The van der Waals surface area contributed by atoms with E-state index in [0.29, 0.717) is 24.3 Å². The summed E-state index contributed by atoms with van der Waals surface area (Å²) in [5.41, 5.74) is 3.71. The lowest BCUT2D eigenvalue weighted by molar-refractivity contribution is -0.139. The molecule has 1 saturated carbocycles. The number of nitrogens with one attached hydrogen (secondary N) is 1. The largest absolute Gasteiger partial charge is 0.352 e. The molecule has 1 N–H and O–H groups in total. The molecule has 3 aromatic carbocycles. The van der Waals surface area contributed by atoms with Crippen molar-refractivity contribution in [1.29, 1.82) is 0 Å². The van der Waals surface area contributed by atoms with Crippen molar-refractivity contribution < 1.29 is 14.0 Å². The van der Waals surface area contributed by atoms with Crippen LogP contribution in [-0.4, -0.2) is 34.6 Å². The Morgan fingerprint density at radius 3 is 2.32 bits per heavy atom. The van der Waals surface area contributed by atoms with E-state index in [9.17, 15) is 14.0 Å². The average molecular weight is 533 g/mol. The van der Waals surface area contributed by atoms with E-state index in [1.807, 2.05) is 61.5 Å². The number of nitrogens with zero attached hydrogens (tertiary/aromatic N) is 1. The fourth-order valence-electron chi connectivity index (χ4n) is 4.94. The highest BCUT2D eigenvalue weighted by atomic mass is 32.2. The molecule has 1 atom stereocenters. The maximum Gasteiger partial charge on any atom is 0.243 e. The second kappa shape index (κ2) is 14.1. The Kier molecular flexibility index (Phi) is 10.4. The third-order valence-electron chi connectivity index (χ3n) is 7.14. The molecule has 0 radical (unpaired) electrons. The van der Waals surface area contributed by atoms with E-state index in [0.717, 1.165) is 42.4 Å². The number of benzene rings is 3. The van der Waals surface area contributed by atoms with Gasteiger partial charge in [-0.1, -0.05) is 97.6 Å². The first-order valence-corrected chi connectivity index (χ1v) is 14.7. The standard InChI is InChI=1S/C32H37FN2O2S/c1-24-16-18-26(19-17-24)21-35(31(36)23-38-22-27-12-8-9-15-29(27)33)30(20-25-10-4-2-5-11-25)32(37)34-28-13-6-3-7-14-28/h2,4-5,8-12,15-19,28,30H,3,6-7,13-14,20-23H2,1H3,(H,34,37)/t30-/m0/s1. The Hall–Kier alpha value is -3.12. The highest BCUT2D eigenvalue weighted by Crippen LogP contribution is 2.22. The molecule has 0 bridgehead atoms. The van der Waals surface area contributed by atoms with Gasteiger partial charge in [-0.2, -0.15) is 0 Å². The van der Waals surface area contributed by atoms with Crippen LogP contribution in [0.3, 0.4) is 0 Å². The second-order valence-corrected chi connectivity index (χ2v) is 11.1. The van der Waals surface area contributed by atoms with Gasteiger partial charge in [0.05, 0.1) is 5.75 Å². The zero-order valence-electron chi connectivity index (χ0n) is 22.1. The number of carbonyl (C=O) groups is 2. The van der Waals surface area contributed by atoms with Crippen molar-refractivity contribution in [2.75, 3.05) is 5.75 Å². The fourth-order valence-corrected chi connectivity index (χ4v) is 5.83. The summed E-state index contributed by atoms with van der Waals surface area (Å²) in [5, 5.41) is 3.27. The first-order valence-electron chi connectivity index (χ1n) is 13.5. The van der Waals surface area contributed by atoms with E-state index in [1.165, 1.54) is 24.2 Å². The minimum Gasteiger partial charge on any atom is -0.352 e. The molecule has 0 spiro atoms. The van der Waals surface area contributed by atoms with Crippen molar-refractivity contribution in [3.05, 3.63) is 107 Å². The third kappa shape index (κ3) is 8.19. The number of hydrogen-bond acceptors (Lipinski definition) is 3. The van der Waals surface area contributed by atoms with Gasteiger partial charge in [-0.05, 0) is 42.5 Å². The van der Waals surface area contributed by atoms with Gasteiger partial charge in [-0.25, -0.2) is 4.39 Å². The van der Waals surface area contributed by atoms with Gasteiger partial charge in [0.1, 0.15) is 11.9 Å². The molecule has 0 heterocycles. The molecule has 6 heteroatoms. The number of carbonyl (C=O) groups excluding carboxylic acids is 2. The average Bonchev–Trinajstić information content (AvgIpc) is 2.94. The molecule has 200 valence electrons. The number of rotatable bonds is 11. The highest BCUT2D eigenvalue weighted by molar-refractivity contribution is 7.99. The van der Waals surface area contributed by atoms with Crippen molar-refractivity contribution >= 4 is 23.6 Å². The lowest BCUT2D eigenvalue weighted by Crippen LogP contribution is -2.53. The Morgan fingerprint density at radius 2 is 1.61 bits per heavy atom. The van der Waals surface area contributed by atoms with Crippen molar-refractivity contribution in [2.45, 2.75) is 69.8 Å². The van der Waals surface area contributed by atoms with E-state index in [-0.39, 0.29) is 29.4 Å². The van der Waals surface area contributed by atoms with Crippen LogP contribution in [0.2, 0.25) is 0 Å². The normalized spacial score (nSPS) is 14.6. The predicted octanol–water partition coefficient (Wildman–Crippen LogP) is 6.46. The molecule has 4 rings (SSSR count). The molecule has 2 amide bonds. The number of halogens is 1. The van der Waals surface area contributed by atoms with Crippen molar-refractivity contribution in [2.24, 2.45) is 0 Å². The highest BCUT2D eigenvalue weighted by Gasteiger charge is 2.31. The zero-order valence-corrected chi connectivity index (χ0v) is 22.9. The van der Waals surface area contributed by atoms with Crippen LogP contribution in [0, 0.1) is 12.7 Å². The molecule has 0 aliphatic heterocycles. The summed E-state index contributed by atoms with van der Waals surface area (Å²) in [7, 11) is 0. The summed E-state index contributed by atoms with van der Waals surface area (Å²) in [6.45, 7) is 2.37. The number of aryl methyl sites for hydroxylation is 1. The summed E-state index contributed by atoms with van der Waals surface area (Å²) < 4.78 is 14.1. The zero-order chi connectivity index (χ0) is 26.7. The monoisotopic (exact) mass is 532 g/mol. The van der Waals surface area contributed by atoms with Crippen LogP contribution >= 0.6 is 11.8 Å². The van der Waals surface area contributed by atoms with Crippen molar-refractivity contribution in [3.8, 4) is 0 Å². The first-order chi connectivity index (χ1) is 18.5. The summed E-state index contributed by atoms with van der Waals surface area (Å²) in [6.07, 6.45) is 5.84. The van der Waals surface area contributed by atoms with Crippen molar-refractivity contribution in [3.63, 3.8) is 0 Å². The Balaban J connectivity index is 1.56. The van der Waals surface area contributed by atoms with Crippen LogP contribution in [0.4, 0.5) is 4.39 Å². The van der Waals surface area contributed by atoms with E-state index < -0.39 is 6.04 Å². The molecule has 1 aliphatic rings. The quantitative estimate of drug-likeness (QED) is 0.309. The summed E-state index contributed by atoms with van der Waals surface area (Å²) in [5.74, 6) is 0.0843. The molecule has 1 fully saturated rings. The van der Waals surface area contributed by atoms with Gasteiger partial charge in [0, 0.05) is 24.8 Å². The third-order valence-corrected chi connectivity index (χ3v) is 8.10. The molecule has 38 heavy (non-hydrogen) atoms. The Labute approximate surface area is 230 Å². The SMILES string of the molecule is Cc1ccc(CN(C(=O)CSCc2ccccc2F)[C@@H](Cc2ccccc2)C(=O)NC2CCCCC2)cc1. The van der Waals surface area contributed by atoms with Crippen molar-refractivity contribution in [1.82, 2.24) is 10.2 Å². The van der Waals surface area contributed by atoms with Crippen LogP contribution in [-0.2, 0) is 28.3 Å². The maximum atomic E-state index is 14.1. The van der Waals surface area contributed by atoms with Gasteiger partial charge in [0.15, 0.2) is 0 Å². The van der Waals surface area contributed by atoms with E-state index in [2.05, 4.69) is 5.32 Å². The Bertz CT molecular complexity index is 1180. The van der Waals surface area contributed by atoms with Gasteiger partial charge in [0.2, 0.25) is 11.8 Å². The lowest BCUT2D eigenvalue weighted by Gasteiger charge is -2.33. The number of thioether (sulfide) groups is 1. The molecule has 0 aromatic heterocycles. The predicted molar refractivity (Wildman–Crippen MR) is 153 cm³/mol. The second-order valence-electron chi connectivity index (χ2n) is 10.1. The molecule has 0 unspecified atom stereocenters. The maximum absolute atomic E-state index is 14.1. The van der Waals surface area contributed by atoms with Gasteiger partial charge < -0.3 is 10.2 Å². The smallest absolute Gasteiger partial charge is 0.243 e. The minimum atomic E-state index is -0.637. The topological polar surface area (TPSA) is 49.4 Å². The van der Waals surface area contributed by atoms with Crippen LogP contribution in [0.25, 0.3) is 0 Å². The van der Waals surface area contributed by atoms with Gasteiger partial charge in [-0.15, -0.1) is 11.8 Å². The van der Waals surface area contributed by atoms with Crippen LogP contribution < -0.4 is 5.32 Å². The number of hydrogen-bond donors (Lipinski definition) is 1. The van der Waals surface area contributed by atoms with E-state index in [4.69, 9.17) is 0 Å². The van der Waals surface area contributed by atoms with Crippen LogP contribution in [0.5, 0.6) is 0 Å².